The van der Waals surface area contributed by atoms with E-state index in [2.05, 4.69) is 23.3 Å². The quantitative estimate of drug-likeness (QED) is 0.624. The molecule has 0 saturated carbocycles. The van der Waals surface area contributed by atoms with Gasteiger partial charge < -0.3 is 10.1 Å². The van der Waals surface area contributed by atoms with Crippen molar-refractivity contribution in [1.29, 1.82) is 0 Å². The van der Waals surface area contributed by atoms with Gasteiger partial charge in [0.1, 0.15) is 17.9 Å². The Morgan fingerprint density at radius 2 is 1.72 bits per heavy atom. The highest BCUT2D eigenvalue weighted by molar-refractivity contribution is 5.50. The van der Waals surface area contributed by atoms with Gasteiger partial charge in [-0.1, -0.05) is 12.1 Å². The molecule has 32 heavy (non-hydrogen) atoms. The molecule has 3 aromatic rings. The van der Waals surface area contributed by atoms with Gasteiger partial charge in [-0.25, -0.2) is 18.5 Å². The fourth-order valence-electron chi connectivity index (χ4n) is 2.98. The zero-order valence-corrected chi connectivity index (χ0v) is 19.4. The van der Waals surface area contributed by atoms with Crippen LogP contribution in [-0.4, -0.2) is 27.3 Å². The summed E-state index contributed by atoms with van der Waals surface area (Å²) < 4.78 is 20.8. The summed E-state index contributed by atoms with van der Waals surface area (Å²) in [5.41, 5.74) is 2.07. The second-order valence-electron chi connectivity index (χ2n) is 7.92. The average molecular weight is 443 g/mol. The van der Waals surface area contributed by atoms with Crippen molar-refractivity contribution in [2.75, 3.05) is 12.4 Å². The fourth-order valence-corrected chi connectivity index (χ4v) is 2.98. The number of halogens is 1. The molecule has 0 unspecified atom stereocenters. The van der Waals surface area contributed by atoms with E-state index < -0.39 is 11.4 Å². The zero-order valence-electron chi connectivity index (χ0n) is 19.4. The molecule has 0 aliphatic heterocycles. The van der Waals surface area contributed by atoms with E-state index in [4.69, 9.17) is 4.74 Å². The van der Waals surface area contributed by atoms with Gasteiger partial charge in [0, 0.05) is 18.8 Å². The summed E-state index contributed by atoms with van der Waals surface area (Å²) in [4.78, 5) is 27.3. The third kappa shape index (κ3) is 6.80. The molecule has 2 aromatic carbocycles. The van der Waals surface area contributed by atoms with Crippen LogP contribution in [0.5, 0.6) is 5.75 Å². The predicted octanol–water partition coefficient (Wildman–Crippen LogP) is 4.00. The lowest BCUT2D eigenvalue weighted by molar-refractivity contribution is 0.241. The Hall–Kier alpha value is -3.42. The number of hydrogen-bond donors (Lipinski definition) is 1. The molecule has 0 atom stereocenters. The Balaban J connectivity index is 0.000000244. The summed E-state index contributed by atoms with van der Waals surface area (Å²) in [5.74, 6) is 0.635. The van der Waals surface area contributed by atoms with Crippen LogP contribution in [0.25, 0.3) is 0 Å². The molecule has 0 saturated heterocycles. The van der Waals surface area contributed by atoms with Gasteiger partial charge in [-0.2, -0.15) is 4.98 Å². The minimum atomic E-state index is -0.560. The second kappa shape index (κ2) is 11.3. The first kappa shape index (κ1) is 24.8. The number of ether oxygens (including phenoxy) is 1. The molecule has 0 spiro atoms. The van der Waals surface area contributed by atoms with Crippen molar-refractivity contribution in [1.82, 2.24) is 14.1 Å². The maximum atomic E-state index is 12.8. The van der Waals surface area contributed by atoms with Crippen molar-refractivity contribution < 1.29 is 9.13 Å². The van der Waals surface area contributed by atoms with Crippen molar-refractivity contribution in [3.63, 3.8) is 0 Å². The molecule has 1 aromatic heterocycles. The molecule has 0 radical (unpaired) electrons. The van der Waals surface area contributed by atoms with Gasteiger partial charge in [-0.15, -0.1) is 0 Å². The highest BCUT2D eigenvalue weighted by Gasteiger charge is 2.09. The maximum absolute atomic E-state index is 12.8. The van der Waals surface area contributed by atoms with E-state index >= 15 is 0 Å². The van der Waals surface area contributed by atoms with Crippen LogP contribution < -0.4 is 21.4 Å². The summed E-state index contributed by atoms with van der Waals surface area (Å²) >= 11 is 0. The number of anilines is 1. The third-order valence-electron chi connectivity index (χ3n) is 4.57. The van der Waals surface area contributed by atoms with Crippen molar-refractivity contribution in [3.05, 3.63) is 86.7 Å². The topological polar surface area (TPSA) is 78.2 Å². The molecule has 0 aliphatic carbocycles. The van der Waals surface area contributed by atoms with Crippen molar-refractivity contribution in [3.8, 4) is 5.75 Å². The summed E-state index contributed by atoms with van der Waals surface area (Å²) in [7, 11) is 1.91. The smallest absolute Gasteiger partial charge is 0.353 e. The largest absolute Gasteiger partial charge is 0.491 e. The summed E-state index contributed by atoms with van der Waals surface area (Å²) in [6, 6.07) is 11.7. The Bertz CT molecular complexity index is 1140. The lowest BCUT2D eigenvalue weighted by atomic mass is 10.2. The van der Waals surface area contributed by atoms with Gasteiger partial charge in [0.2, 0.25) is 0 Å². The maximum Gasteiger partial charge on any atom is 0.353 e. The Morgan fingerprint density at radius 1 is 1.06 bits per heavy atom. The molecular formula is C24H31FN4O3. The molecule has 1 heterocycles. The van der Waals surface area contributed by atoms with E-state index in [9.17, 15) is 14.0 Å². The Labute approximate surface area is 187 Å². The standard InChI is InChI=1S/C13H14FN3O2.C11H17NO/c1-9(2)17-12(18)15-8-16(13(17)19)7-10-3-5-11(14)6-4-10;1-8(2)13-11-6-5-10(12-4)7-9(11)3/h3-6,8-9H,7H2,1-2H3;5-8,12H,1-4H3. The van der Waals surface area contributed by atoms with E-state index in [1.54, 1.807) is 26.0 Å². The number of benzene rings is 2. The molecule has 172 valence electrons. The average Bonchev–Trinajstić information content (AvgIpc) is 2.73. The van der Waals surface area contributed by atoms with E-state index in [0.717, 1.165) is 21.6 Å². The van der Waals surface area contributed by atoms with Crippen molar-refractivity contribution >= 4 is 5.69 Å². The molecule has 3 rings (SSSR count). The van der Waals surface area contributed by atoms with Crippen molar-refractivity contribution in [2.24, 2.45) is 0 Å². The number of nitrogens with one attached hydrogen (secondary N) is 1. The number of aryl methyl sites for hydroxylation is 1. The third-order valence-corrected chi connectivity index (χ3v) is 4.57. The molecule has 7 nitrogen and oxygen atoms in total. The van der Waals surface area contributed by atoms with E-state index in [1.165, 1.54) is 28.6 Å². The highest BCUT2D eigenvalue weighted by Crippen LogP contribution is 2.22. The lowest BCUT2D eigenvalue weighted by Gasteiger charge is -2.13. The van der Waals surface area contributed by atoms with E-state index in [1.807, 2.05) is 33.0 Å². The van der Waals surface area contributed by atoms with Crippen LogP contribution in [0.3, 0.4) is 0 Å². The van der Waals surface area contributed by atoms with Crippen LogP contribution in [0, 0.1) is 12.7 Å². The van der Waals surface area contributed by atoms with Crippen LogP contribution in [0.2, 0.25) is 0 Å². The van der Waals surface area contributed by atoms with Crippen LogP contribution >= 0.6 is 0 Å². The van der Waals surface area contributed by atoms with Gasteiger partial charge in [0.25, 0.3) is 0 Å². The molecule has 0 aliphatic rings. The Morgan fingerprint density at radius 3 is 2.25 bits per heavy atom. The summed E-state index contributed by atoms with van der Waals surface area (Å²) in [6.07, 6.45) is 1.45. The SMILES string of the molecule is CC(C)n1c(=O)ncn(Cc2ccc(F)cc2)c1=O.CNc1ccc(OC(C)C)c(C)c1. The van der Waals surface area contributed by atoms with E-state index in [0.29, 0.717) is 0 Å². The highest BCUT2D eigenvalue weighted by atomic mass is 19.1. The van der Waals surface area contributed by atoms with Crippen LogP contribution in [-0.2, 0) is 6.54 Å². The normalized spacial score (nSPS) is 10.7. The van der Waals surface area contributed by atoms with Crippen LogP contribution in [0.15, 0.2) is 58.4 Å². The second-order valence-corrected chi connectivity index (χ2v) is 7.92. The van der Waals surface area contributed by atoms with Crippen molar-refractivity contribution in [2.45, 2.75) is 53.3 Å². The molecule has 0 fully saturated rings. The van der Waals surface area contributed by atoms with Gasteiger partial charge >= 0.3 is 11.4 Å². The van der Waals surface area contributed by atoms with Crippen LogP contribution in [0.1, 0.15) is 44.9 Å². The number of nitrogens with zero attached hydrogens (tertiary/aromatic N) is 3. The first-order valence-electron chi connectivity index (χ1n) is 10.5. The van der Waals surface area contributed by atoms with Gasteiger partial charge in [0.15, 0.2) is 0 Å². The predicted molar refractivity (Wildman–Crippen MR) is 125 cm³/mol. The fraction of sp³-hybridized carbons (Fsp3) is 0.375. The summed E-state index contributed by atoms with van der Waals surface area (Å²) in [5, 5.41) is 3.09. The molecule has 0 bridgehead atoms. The summed E-state index contributed by atoms with van der Waals surface area (Å²) in [6.45, 7) is 9.86. The van der Waals surface area contributed by atoms with Gasteiger partial charge in [0.05, 0.1) is 12.6 Å². The van der Waals surface area contributed by atoms with Gasteiger partial charge in [-0.3, -0.25) is 4.57 Å². The zero-order chi connectivity index (χ0) is 23.8. The lowest BCUT2D eigenvalue weighted by Crippen LogP contribution is -2.42. The number of aromatic nitrogens is 3. The molecular weight excluding hydrogens is 411 g/mol. The first-order valence-corrected chi connectivity index (χ1v) is 10.5. The minimum absolute atomic E-state index is 0.235. The first-order chi connectivity index (χ1) is 15.1. The molecule has 1 N–H and O–H groups in total. The Kier molecular flexibility index (Phi) is 8.75. The molecule has 8 heteroatoms. The number of rotatable bonds is 6. The van der Waals surface area contributed by atoms with Gasteiger partial charge in [-0.05, 0) is 76.1 Å². The molecule has 0 amide bonds. The van der Waals surface area contributed by atoms with E-state index in [-0.39, 0.29) is 24.5 Å². The number of hydrogen-bond acceptors (Lipinski definition) is 5. The monoisotopic (exact) mass is 442 g/mol. The van der Waals surface area contributed by atoms with Crippen LogP contribution in [0.4, 0.5) is 10.1 Å². The minimum Gasteiger partial charge on any atom is -0.491 e.